The van der Waals surface area contributed by atoms with Crippen LogP contribution in [-0.4, -0.2) is 11.6 Å². The molecule has 0 aliphatic heterocycles. The predicted molar refractivity (Wildman–Crippen MR) is 94.4 cm³/mol. The minimum Gasteiger partial charge on any atom is -0.300 e. The molecule has 0 aromatic heterocycles. The molecule has 0 unspecified atom stereocenters. The van der Waals surface area contributed by atoms with Gasteiger partial charge in [0, 0.05) is 17.5 Å². The molecular weight excluding hydrogens is 284 g/mol. The molecule has 0 bridgehead atoms. The highest BCUT2D eigenvalue weighted by atomic mass is 16.1. The molecule has 0 saturated carbocycles. The molecule has 118 valence electrons. The average Bonchev–Trinajstić information content (AvgIpc) is 2.55. The van der Waals surface area contributed by atoms with Gasteiger partial charge in [0.1, 0.15) is 5.78 Å². The third-order valence-electron chi connectivity index (χ3n) is 3.15. The van der Waals surface area contributed by atoms with Crippen molar-refractivity contribution in [3.8, 4) is 11.8 Å². The Labute approximate surface area is 138 Å². The van der Waals surface area contributed by atoms with Crippen molar-refractivity contribution in [1.82, 2.24) is 0 Å². The average molecular weight is 306 g/mol. The van der Waals surface area contributed by atoms with Crippen LogP contribution in [0.2, 0.25) is 0 Å². The first-order valence-electron chi connectivity index (χ1n) is 7.60. The molecule has 0 radical (unpaired) electrons. The van der Waals surface area contributed by atoms with E-state index in [4.69, 9.17) is 0 Å². The summed E-state index contributed by atoms with van der Waals surface area (Å²) >= 11 is 0. The maximum atomic E-state index is 11.0. The van der Waals surface area contributed by atoms with Crippen molar-refractivity contribution >= 4 is 11.6 Å². The van der Waals surface area contributed by atoms with Crippen LogP contribution in [0.1, 0.15) is 48.7 Å². The third kappa shape index (κ3) is 7.78. The molecule has 0 aliphatic rings. The Kier molecular flexibility index (Phi) is 8.10. The van der Waals surface area contributed by atoms with Crippen molar-refractivity contribution in [3.05, 3.63) is 71.3 Å². The summed E-state index contributed by atoms with van der Waals surface area (Å²) in [4.78, 5) is 21.6. The summed E-state index contributed by atoms with van der Waals surface area (Å²) in [6.45, 7) is 4.96. The number of ketones is 2. The monoisotopic (exact) mass is 306 g/mol. The fourth-order valence-corrected chi connectivity index (χ4v) is 1.93. The molecule has 0 amide bonds. The zero-order valence-electron chi connectivity index (χ0n) is 13.9. The second-order valence-corrected chi connectivity index (χ2v) is 5.20. The van der Waals surface area contributed by atoms with Crippen LogP contribution >= 0.6 is 0 Å². The van der Waals surface area contributed by atoms with Crippen LogP contribution in [0.5, 0.6) is 0 Å². The van der Waals surface area contributed by atoms with Gasteiger partial charge in [0.2, 0.25) is 0 Å². The summed E-state index contributed by atoms with van der Waals surface area (Å²) < 4.78 is 0. The fraction of sp³-hybridized carbons (Fsp3) is 0.238. The smallest absolute Gasteiger partial charge is 0.159 e. The molecular formula is C21H22O2. The molecule has 0 spiro atoms. The van der Waals surface area contributed by atoms with E-state index in [1.165, 1.54) is 5.56 Å². The summed E-state index contributed by atoms with van der Waals surface area (Å²) in [5.41, 5.74) is 2.85. The van der Waals surface area contributed by atoms with Gasteiger partial charge in [0.25, 0.3) is 0 Å². The first-order chi connectivity index (χ1) is 11.0. The maximum Gasteiger partial charge on any atom is 0.159 e. The Morgan fingerprint density at radius 2 is 1.65 bits per heavy atom. The van der Waals surface area contributed by atoms with E-state index in [2.05, 4.69) is 11.8 Å². The van der Waals surface area contributed by atoms with E-state index in [0.717, 1.165) is 17.5 Å². The van der Waals surface area contributed by atoms with Crippen molar-refractivity contribution in [2.24, 2.45) is 0 Å². The normalized spacial score (nSPS) is 9.00. The lowest BCUT2D eigenvalue weighted by Gasteiger charge is -1.96. The van der Waals surface area contributed by atoms with Crippen molar-refractivity contribution < 1.29 is 9.59 Å². The zero-order chi connectivity index (χ0) is 17.1. The maximum absolute atomic E-state index is 11.0. The number of carbonyl (C=O) groups excluding carboxylic acids is 2. The lowest BCUT2D eigenvalue weighted by molar-refractivity contribution is -0.116. The molecule has 2 aromatic rings. The van der Waals surface area contributed by atoms with Crippen molar-refractivity contribution in [3.63, 3.8) is 0 Å². The molecule has 23 heavy (non-hydrogen) atoms. The minimum atomic E-state index is 0.0785. The van der Waals surface area contributed by atoms with Gasteiger partial charge in [-0.25, -0.2) is 0 Å². The Hall–Kier alpha value is -2.66. The van der Waals surface area contributed by atoms with Gasteiger partial charge in [-0.2, -0.15) is 0 Å². The van der Waals surface area contributed by atoms with Gasteiger partial charge in [0.15, 0.2) is 5.78 Å². The van der Waals surface area contributed by atoms with Crippen molar-refractivity contribution in [1.29, 1.82) is 0 Å². The van der Waals surface area contributed by atoms with Crippen LogP contribution < -0.4 is 0 Å². The Bertz CT molecular complexity index is 703. The molecule has 0 aliphatic carbocycles. The van der Waals surface area contributed by atoms with E-state index >= 15 is 0 Å². The second kappa shape index (κ2) is 10.1. The molecule has 0 fully saturated rings. The Balaban J connectivity index is 0.000000231. The first kappa shape index (κ1) is 18.4. The molecule has 0 heterocycles. The van der Waals surface area contributed by atoms with Gasteiger partial charge in [-0.3, -0.25) is 4.79 Å². The van der Waals surface area contributed by atoms with E-state index < -0.39 is 0 Å². The van der Waals surface area contributed by atoms with Crippen molar-refractivity contribution in [2.75, 3.05) is 0 Å². The summed E-state index contributed by atoms with van der Waals surface area (Å²) in [6.07, 6.45) is 1.53. The molecule has 2 rings (SSSR count). The fourth-order valence-electron chi connectivity index (χ4n) is 1.93. The summed E-state index contributed by atoms with van der Waals surface area (Å²) in [5.74, 6) is 6.03. The van der Waals surface area contributed by atoms with E-state index in [1.54, 1.807) is 32.9 Å². The number of Topliss-reactive ketones (excluding diaryl/α,β-unsaturated/α-hetero) is 2. The quantitative estimate of drug-likeness (QED) is 0.617. The lowest BCUT2D eigenvalue weighted by atomic mass is 10.1. The van der Waals surface area contributed by atoms with Crippen LogP contribution in [-0.2, 0) is 11.2 Å². The highest BCUT2D eigenvalue weighted by Gasteiger charge is 1.97. The molecule has 2 nitrogen and oxygen atoms in total. The predicted octanol–water partition coefficient (Wildman–Crippen LogP) is 4.47. The van der Waals surface area contributed by atoms with E-state index in [9.17, 15) is 9.59 Å². The molecule has 0 saturated heterocycles. The third-order valence-corrected chi connectivity index (χ3v) is 3.15. The van der Waals surface area contributed by atoms with Crippen LogP contribution in [0.4, 0.5) is 0 Å². The highest BCUT2D eigenvalue weighted by molar-refractivity contribution is 5.94. The summed E-state index contributed by atoms with van der Waals surface area (Å²) in [6, 6.07) is 17.4. The highest BCUT2D eigenvalue weighted by Crippen LogP contribution is 2.04. The Morgan fingerprint density at radius 1 is 0.957 bits per heavy atom. The second-order valence-electron chi connectivity index (χ2n) is 5.20. The van der Waals surface area contributed by atoms with Gasteiger partial charge in [-0.15, -0.1) is 5.92 Å². The van der Waals surface area contributed by atoms with E-state index in [1.807, 2.05) is 42.5 Å². The van der Waals surface area contributed by atoms with Gasteiger partial charge in [-0.05, 0) is 44.9 Å². The minimum absolute atomic E-state index is 0.0785. The van der Waals surface area contributed by atoms with Gasteiger partial charge >= 0.3 is 0 Å². The standard InChI is InChI=1S/C11H10O.C10H12O/c1-3-5-10-6-4-7-11(8-10)9(2)12;1-9(11)7-8-10-5-3-2-4-6-10/h4,6-8H,1-2H3;2-6H,7-8H2,1H3. The molecule has 2 heteroatoms. The Morgan fingerprint density at radius 3 is 2.22 bits per heavy atom. The number of carbonyl (C=O) groups is 2. The molecule has 2 aromatic carbocycles. The van der Waals surface area contributed by atoms with Crippen LogP contribution in [0, 0.1) is 11.8 Å². The number of rotatable bonds is 4. The van der Waals surface area contributed by atoms with Gasteiger partial charge in [0.05, 0.1) is 0 Å². The number of aryl methyl sites for hydroxylation is 1. The van der Waals surface area contributed by atoms with E-state index in [-0.39, 0.29) is 11.6 Å². The molecule has 0 atom stereocenters. The van der Waals surface area contributed by atoms with Crippen LogP contribution in [0.15, 0.2) is 54.6 Å². The number of benzene rings is 2. The lowest BCUT2D eigenvalue weighted by Crippen LogP contribution is -1.92. The summed E-state index contributed by atoms with van der Waals surface area (Å²) in [5, 5.41) is 0. The van der Waals surface area contributed by atoms with Crippen LogP contribution in [0.25, 0.3) is 0 Å². The van der Waals surface area contributed by atoms with Gasteiger partial charge in [-0.1, -0.05) is 48.4 Å². The topological polar surface area (TPSA) is 34.1 Å². The summed E-state index contributed by atoms with van der Waals surface area (Å²) in [7, 11) is 0. The first-order valence-corrected chi connectivity index (χ1v) is 7.60. The largest absolute Gasteiger partial charge is 0.300 e. The molecule has 0 N–H and O–H groups in total. The number of hydrogen-bond donors (Lipinski definition) is 0. The van der Waals surface area contributed by atoms with E-state index in [0.29, 0.717) is 6.42 Å². The van der Waals surface area contributed by atoms with Crippen LogP contribution in [0.3, 0.4) is 0 Å². The zero-order valence-corrected chi connectivity index (χ0v) is 13.9. The number of hydrogen-bond acceptors (Lipinski definition) is 2. The van der Waals surface area contributed by atoms with Crippen molar-refractivity contribution in [2.45, 2.75) is 33.6 Å². The van der Waals surface area contributed by atoms with Gasteiger partial charge < -0.3 is 4.79 Å². The SMILES string of the molecule is CC#Cc1cccc(C(C)=O)c1.CC(=O)CCc1ccccc1.